The van der Waals surface area contributed by atoms with Crippen LogP contribution in [0.5, 0.6) is 0 Å². The smallest absolute Gasteiger partial charge is 0.224 e. The van der Waals surface area contributed by atoms with Gasteiger partial charge in [0.05, 0.1) is 0 Å². The van der Waals surface area contributed by atoms with E-state index in [9.17, 15) is 0 Å². The highest BCUT2D eigenvalue weighted by Crippen LogP contribution is 2.28. The maximum atomic E-state index is 4.67. The first-order valence-electron chi connectivity index (χ1n) is 9.67. The van der Waals surface area contributed by atoms with Crippen molar-refractivity contribution in [2.45, 2.75) is 39.5 Å². The minimum absolute atomic E-state index is 0.717. The van der Waals surface area contributed by atoms with Gasteiger partial charge in [-0.2, -0.15) is 4.98 Å². The lowest BCUT2D eigenvalue weighted by atomic mass is 9.96. The second kappa shape index (κ2) is 7.43. The zero-order valence-electron chi connectivity index (χ0n) is 15.7. The van der Waals surface area contributed by atoms with Crippen LogP contribution in [0.1, 0.15) is 36.7 Å². The van der Waals surface area contributed by atoms with E-state index in [4.69, 9.17) is 0 Å². The Kier molecular flexibility index (Phi) is 4.86. The Hall–Kier alpha value is -2.44. The number of hydrogen-bond donors (Lipinski definition) is 1. The van der Waals surface area contributed by atoms with Gasteiger partial charge in [0.15, 0.2) is 0 Å². The second-order valence-corrected chi connectivity index (χ2v) is 7.03. The topological polar surface area (TPSA) is 70.1 Å². The van der Waals surface area contributed by atoms with Crippen LogP contribution in [-0.4, -0.2) is 52.7 Å². The Morgan fingerprint density at radius 2 is 1.77 bits per heavy atom. The van der Waals surface area contributed by atoms with Gasteiger partial charge in [0.1, 0.15) is 18.0 Å². The molecule has 2 aromatic rings. The van der Waals surface area contributed by atoms with Crippen LogP contribution in [0.15, 0.2) is 12.4 Å². The normalized spacial score (nSPS) is 17.2. The fourth-order valence-electron chi connectivity index (χ4n) is 3.87. The molecule has 1 aliphatic heterocycles. The summed E-state index contributed by atoms with van der Waals surface area (Å²) in [6.07, 6.45) is 6.45. The van der Waals surface area contributed by atoms with Crippen molar-refractivity contribution in [2.24, 2.45) is 0 Å². The monoisotopic (exact) mass is 353 g/mol. The molecule has 1 aliphatic carbocycles. The van der Waals surface area contributed by atoms with Crippen molar-refractivity contribution >= 4 is 17.6 Å². The highest BCUT2D eigenvalue weighted by molar-refractivity contribution is 5.52. The zero-order chi connectivity index (χ0) is 17.9. The summed E-state index contributed by atoms with van der Waals surface area (Å²) in [5.74, 6) is 2.88. The number of piperazine rings is 1. The fraction of sp³-hybridized carbons (Fsp3) is 0.579. The number of nitrogens with one attached hydrogen (secondary N) is 1. The molecule has 2 aliphatic rings. The lowest BCUT2D eigenvalue weighted by Crippen LogP contribution is -2.47. The van der Waals surface area contributed by atoms with Gasteiger partial charge in [-0.15, -0.1) is 0 Å². The molecule has 0 spiro atoms. The summed E-state index contributed by atoms with van der Waals surface area (Å²) in [5, 5.41) is 3.22. The molecule has 3 heterocycles. The van der Waals surface area contributed by atoms with Gasteiger partial charge >= 0.3 is 0 Å². The molecule has 7 heteroatoms. The van der Waals surface area contributed by atoms with E-state index in [-0.39, 0.29) is 0 Å². The maximum Gasteiger partial charge on any atom is 0.224 e. The van der Waals surface area contributed by atoms with Gasteiger partial charge in [-0.1, -0.05) is 0 Å². The number of rotatable bonds is 4. The molecule has 138 valence electrons. The second-order valence-electron chi connectivity index (χ2n) is 7.03. The molecule has 0 saturated carbocycles. The van der Waals surface area contributed by atoms with Crippen LogP contribution in [-0.2, 0) is 12.8 Å². The molecular weight excluding hydrogens is 326 g/mol. The number of aromatic nitrogens is 4. The molecule has 0 radical (unpaired) electrons. The van der Waals surface area contributed by atoms with Gasteiger partial charge in [-0.3, -0.25) is 0 Å². The molecule has 1 N–H and O–H groups in total. The molecule has 0 amide bonds. The molecule has 0 atom stereocenters. The molecule has 4 rings (SSSR count). The number of anilines is 3. The van der Waals surface area contributed by atoms with Crippen molar-refractivity contribution in [3.8, 4) is 0 Å². The lowest BCUT2D eigenvalue weighted by Gasteiger charge is -2.37. The molecular formula is C19H27N7. The third-order valence-corrected chi connectivity index (χ3v) is 5.18. The molecule has 7 nitrogen and oxygen atoms in total. The summed E-state index contributed by atoms with van der Waals surface area (Å²) < 4.78 is 0. The van der Waals surface area contributed by atoms with Crippen LogP contribution in [0.3, 0.4) is 0 Å². The summed E-state index contributed by atoms with van der Waals surface area (Å²) in [4.78, 5) is 23.0. The molecule has 1 saturated heterocycles. The van der Waals surface area contributed by atoms with Gasteiger partial charge in [0.2, 0.25) is 5.95 Å². The summed E-state index contributed by atoms with van der Waals surface area (Å²) in [6, 6.07) is 2.07. The quantitative estimate of drug-likeness (QED) is 0.903. The zero-order valence-corrected chi connectivity index (χ0v) is 15.7. The fourth-order valence-corrected chi connectivity index (χ4v) is 3.87. The van der Waals surface area contributed by atoms with Gasteiger partial charge in [-0.25, -0.2) is 15.0 Å². The first-order chi connectivity index (χ1) is 12.7. The molecule has 0 aromatic carbocycles. The van der Waals surface area contributed by atoms with E-state index in [1.807, 2.05) is 6.92 Å². The van der Waals surface area contributed by atoms with Crippen molar-refractivity contribution in [3.63, 3.8) is 0 Å². The minimum Gasteiger partial charge on any atom is -0.354 e. The van der Waals surface area contributed by atoms with E-state index in [0.29, 0.717) is 0 Å². The highest BCUT2D eigenvalue weighted by Gasteiger charge is 2.24. The number of nitrogens with zero attached hydrogens (tertiary/aromatic N) is 6. The van der Waals surface area contributed by atoms with Crippen molar-refractivity contribution in [1.29, 1.82) is 0 Å². The highest BCUT2D eigenvalue weighted by atomic mass is 15.3. The van der Waals surface area contributed by atoms with Gasteiger partial charge in [0, 0.05) is 55.7 Å². The molecule has 1 fully saturated rings. The third kappa shape index (κ3) is 3.43. The van der Waals surface area contributed by atoms with Crippen LogP contribution in [0.25, 0.3) is 0 Å². The maximum absolute atomic E-state index is 4.67. The van der Waals surface area contributed by atoms with Crippen molar-refractivity contribution in [1.82, 2.24) is 19.9 Å². The summed E-state index contributed by atoms with van der Waals surface area (Å²) in [5.41, 5.74) is 3.63. The van der Waals surface area contributed by atoms with Crippen molar-refractivity contribution < 1.29 is 0 Å². The first kappa shape index (κ1) is 17.0. The van der Waals surface area contributed by atoms with Gasteiger partial charge in [0.25, 0.3) is 0 Å². The van der Waals surface area contributed by atoms with E-state index >= 15 is 0 Å². The van der Waals surface area contributed by atoms with E-state index in [2.05, 4.69) is 48.0 Å². The Labute approximate surface area is 154 Å². The van der Waals surface area contributed by atoms with Crippen LogP contribution >= 0.6 is 0 Å². The van der Waals surface area contributed by atoms with Crippen LogP contribution in [0, 0.1) is 6.92 Å². The predicted molar refractivity (Wildman–Crippen MR) is 104 cm³/mol. The standard InChI is InChI=1S/C19H27N7/c1-3-20-19-23-14(2)12-17(24-19)25-8-10-26(11-9-25)18-15-6-4-5-7-16(15)21-13-22-18/h12-13H,3-11H2,1-2H3,(H,20,23,24). The SMILES string of the molecule is CCNc1nc(C)cc(N2CCN(c3ncnc4c3CCCC4)CC2)n1. The van der Waals surface area contributed by atoms with Crippen LogP contribution < -0.4 is 15.1 Å². The van der Waals surface area contributed by atoms with Crippen LogP contribution in [0.2, 0.25) is 0 Å². The van der Waals surface area contributed by atoms with E-state index < -0.39 is 0 Å². The van der Waals surface area contributed by atoms with E-state index in [1.165, 1.54) is 24.1 Å². The first-order valence-corrected chi connectivity index (χ1v) is 9.67. The summed E-state index contributed by atoms with van der Waals surface area (Å²) in [7, 11) is 0. The number of fused-ring (bicyclic) bond motifs is 1. The van der Waals surface area contributed by atoms with Crippen LogP contribution in [0.4, 0.5) is 17.6 Å². The molecule has 0 bridgehead atoms. The lowest BCUT2D eigenvalue weighted by molar-refractivity contribution is 0.619. The van der Waals surface area contributed by atoms with Gasteiger partial charge in [-0.05, 0) is 39.5 Å². The third-order valence-electron chi connectivity index (χ3n) is 5.18. The molecule has 0 unspecified atom stereocenters. The predicted octanol–water partition coefficient (Wildman–Crippen LogP) is 2.21. The molecule has 26 heavy (non-hydrogen) atoms. The van der Waals surface area contributed by atoms with Crippen molar-refractivity contribution in [2.75, 3.05) is 47.8 Å². The Morgan fingerprint density at radius 3 is 2.58 bits per heavy atom. The van der Waals surface area contributed by atoms with Gasteiger partial charge < -0.3 is 15.1 Å². The molecule has 2 aromatic heterocycles. The van der Waals surface area contributed by atoms with E-state index in [1.54, 1.807) is 6.33 Å². The number of hydrogen-bond acceptors (Lipinski definition) is 7. The minimum atomic E-state index is 0.717. The average Bonchev–Trinajstić information content (AvgIpc) is 2.67. The van der Waals surface area contributed by atoms with Crippen molar-refractivity contribution in [3.05, 3.63) is 29.3 Å². The van der Waals surface area contributed by atoms with E-state index in [0.717, 1.165) is 68.8 Å². The number of aryl methyl sites for hydroxylation is 2. The summed E-state index contributed by atoms with van der Waals surface area (Å²) >= 11 is 0. The average molecular weight is 353 g/mol. The Balaban J connectivity index is 1.48. The Bertz CT molecular complexity index is 768. The largest absolute Gasteiger partial charge is 0.354 e. The summed E-state index contributed by atoms with van der Waals surface area (Å²) in [6.45, 7) is 8.73. The Morgan fingerprint density at radius 1 is 1.00 bits per heavy atom.